The number of hydrogen-bond donors (Lipinski definition) is 0. The Kier molecular flexibility index (Phi) is 3.12. The van der Waals surface area contributed by atoms with Crippen LogP contribution < -0.4 is 0 Å². The molecule has 1 nitrogen and oxygen atoms in total. The molecule has 9 heavy (non-hydrogen) atoms. The fraction of sp³-hybridized carbons (Fsp3) is 0.857. The minimum atomic E-state index is 0.162. The summed E-state index contributed by atoms with van der Waals surface area (Å²) in [6.45, 7) is 3.60. The Morgan fingerprint density at radius 1 is 1.78 bits per heavy atom. The van der Waals surface area contributed by atoms with Gasteiger partial charge in [-0.1, -0.05) is 17.9 Å². The molecule has 1 unspecified atom stereocenters. The highest BCUT2D eigenvalue weighted by molar-refractivity contribution is 14.2. The van der Waals surface area contributed by atoms with Crippen LogP contribution in [0.3, 0.4) is 0 Å². The van der Waals surface area contributed by atoms with Gasteiger partial charge in [0, 0.05) is 12.6 Å². The molecule has 54 valence electrons. The smallest absolute Gasteiger partial charge is 0.0202 e. The van der Waals surface area contributed by atoms with Gasteiger partial charge in [-0.2, -0.15) is 0 Å². The Morgan fingerprint density at radius 3 is 2.89 bits per heavy atom. The first-order chi connectivity index (χ1) is 4.38. The molecule has 0 radical (unpaired) electrons. The van der Waals surface area contributed by atoms with Gasteiger partial charge in [0.25, 0.3) is 0 Å². The first-order valence-electron chi connectivity index (χ1n) is 3.53. The monoisotopic (exact) mass is 239 g/mol. The van der Waals surface area contributed by atoms with Crippen molar-refractivity contribution in [3.8, 4) is 0 Å². The van der Waals surface area contributed by atoms with Gasteiger partial charge < -0.3 is 0 Å². The van der Waals surface area contributed by atoms with Crippen molar-refractivity contribution in [1.82, 2.24) is 3.11 Å². The van der Waals surface area contributed by atoms with Crippen LogP contribution in [0.2, 0.25) is 0 Å². The molecule has 1 atom stereocenters. The summed E-state index contributed by atoms with van der Waals surface area (Å²) in [5, 5.41) is 0. The van der Waals surface area contributed by atoms with Gasteiger partial charge in [-0.05, 0) is 33.8 Å². The second-order valence-corrected chi connectivity index (χ2v) is 4.40. The summed E-state index contributed by atoms with van der Waals surface area (Å²) >= 11 is 0.162. The Hall–Kier alpha value is 0.560. The molecule has 0 amide bonds. The minimum absolute atomic E-state index is 0.162. The normalized spacial score (nSPS) is 27.9. The maximum absolute atomic E-state index is 3.98. The molecule has 0 aromatic rings. The summed E-state index contributed by atoms with van der Waals surface area (Å²) in [6, 6.07) is 0.931. The third kappa shape index (κ3) is 1.74. The van der Waals surface area contributed by atoms with Gasteiger partial charge >= 0.3 is 0 Å². The molecule has 2 heteroatoms. The lowest BCUT2D eigenvalue weighted by atomic mass is 10.0. The quantitative estimate of drug-likeness (QED) is 0.539. The van der Waals surface area contributed by atoms with Crippen molar-refractivity contribution in [1.29, 1.82) is 0 Å². The fourth-order valence-electron chi connectivity index (χ4n) is 1.18. The average molecular weight is 239 g/mol. The minimum Gasteiger partial charge on any atom is -0.250 e. The van der Waals surface area contributed by atoms with Crippen LogP contribution >= 0.6 is 21.0 Å². The molecule has 1 saturated heterocycles. The lowest BCUT2D eigenvalue weighted by molar-refractivity contribution is 0.231. The van der Waals surface area contributed by atoms with E-state index in [-0.39, 0.29) is 21.0 Å². The molecule has 1 heterocycles. The molecule has 0 aliphatic carbocycles. The average Bonchev–Trinajstić information content (AvgIpc) is 1.82. The van der Waals surface area contributed by atoms with E-state index in [1.165, 1.54) is 25.8 Å². The highest BCUT2D eigenvalue weighted by Gasteiger charge is 2.24. The van der Waals surface area contributed by atoms with Gasteiger partial charge in [0.15, 0.2) is 0 Å². The first kappa shape index (κ1) is 7.66. The highest BCUT2D eigenvalue weighted by Crippen LogP contribution is 2.27. The molecule has 1 aliphatic rings. The van der Waals surface area contributed by atoms with E-state index in [0.717, 1.165) is 6.04 Å². The predicted molar refractivity (Wildman–Crippen MR) is 51.2 cm³/mol. The molecule has 0 aromatic carbocycles. The topological polar surface area (TPSA) is 3.24 Å². The van der Waals surface area contributed by atoms with Crippen LogP contribution in [-0.2, 0) is 0 Å². The zero-order valence-electron chi connectivity index (χ0n) is 5.94. The summed E-state index contributed by atoms with van der Waals surface area (Å²) < 4.78 is 6.53. The van der Waals surface area contributed by atoms with E-state index in [9.17, 15) is 0 Å². The molecule has 0 aromatic heterocycles. The first-order valence-corrected chi connectivity index (χ1v) is 6.02. The number of nitrogens with zero attached hydrogens (tertiary/aromatic N) is 1. The molecule has 0 saturated carbocycles. The predicted octanol–water partition coefficient (Wildman–Crippen LogP) is 2.18. The van der Waals surface area contributed by atoms with Crippen molar-refractivity contribution in [3.63, 3.8) is 0 Å². The van der Waals surface area contributed by atoms with Crippen molar-refractivity contribution < 1.29 is 0 Å². The summed E-state index contributed by atoms with van der Waals surface area (Å²) in [7, 11) is 0. The SMILES string of the molecule is C=IN1CCC1CCC. The highest BCUT2D eigenvalue weighted by atomic mass is 127. The van der Waals surface area contributed by atoms with Crippen molar-refractivity contribution >= 4 is 25.5 Å². The molecular formula is C7H14IN. The van der Waals surface area contributed by atoms with Crippen molar-refractivity contribution in [2.75, 3.05) is 6.54 Å². The zero-order chi connectivity index (χ0) is 6.69. The van der Waals surface area contributed by atoms with E-state index in [1.807, 2.05) is 0 Å². The van der Waals surface area contributed by atoms with Crippen LogP contribution in [0.1, 0.15) is 26.2 Å². The Balaban J connectivity index is 2.18. The van der Waals surface area contributed by atoms with Gasteiger partial charge in [-0.15, -0.1) is 0 Å². The van der Waals surface area contributed by atoms with E-state index < -0.39 is 0 Å². The molecule has 0 spiro atoms. The van der Waals surface area contributed by atoms with Gasteiger partial charge in [0.1, 0.15) is 0 Å². The number of rotatable bonds is 3. The van der Waals surface area contributed by atoms with Crippen molar-refractivity contribution in [2.45, 2.75) is 32.2 Å². The lowest BCUT2D eigenvalue weighted by Crippen LogP contribution is -2.40. The molecule has 1 fully saturated rings. The van der Waals surface area contributed by atoms with Crippen molar-refractivity contribution in [2.24, 2.45) is 0 Å². The number of hydrogen-bond acceptors (Lipinski definition) is 1. The zero-order valence-corrected chi connectivity index (χ0v) is 8.10. The fourth-order valence-corrected chi connectivity index (χ4v) is 2.92. The maximum atomic E-state index is 3.98. The largest absolute Gasteiger partial charge is 0.250 e. The molecule has 1 aliphatic heterocycles. The Bertz CT molecular complexity index is 103. The van der Waals surface area contributed by atoms with Crippen LogP contribution in [-0.4, -0.2) is 20.2 Å². The molecule has 0 bridgehead atoms. The van der Waals surface area contributed by atoms with Gasteiger partial charge in [0.05, 0.1) is 0 Å². The van der Waals surface area contributed by atoms with Gasteiger partial charge in [-0.3, -0.25) is 0 Å². The van der Waals surface area contributed by atoms with Crippen LogP contribution in [0.25, 0.3) is 0 Å². The van der Waals surface area contributed by atoms with Crippen LogP contribution in [0.4, 0.5) is 0 Å². The molecule has 1 rings (SSSR count). The van der Waals surface area contributed by atoms with Crippen LogP contribution in [0, 0.1) is 0 Å². The van der Waals surface area contributed by atoms with Crippen molar-refractivity contribution in [3.05, 3.63) is 0 Å². The van der Waals surface area contributed by atoms with Gasteiger partial charge in [-0.25, -0.2) is 3.11 Å². The van der Waals surface area contributed by atoms with E-state index >= 15 is 0 Å². The maximum Gasteiger partial charge on any atom is 0.0202 e. The van der Waals surface area contributed by atoms with Crippen LogP contribution in [0.15, 0.2) is 0 Å². The number of halogens is 1. The van der Waals surface area contributed by atoms with E-state index in [1.54, 1.807) is 0 Å². The molecular weight excluding hydrogens is 225 g/mol. The Morgan fingerprint density at radius 2 is 2.56 bits per heavy atom. The summed E-state index contributed by atoms with van der Waals surface area (Å²) in [4.78, 5) is 0. The summed E-state index contributed by atoms with van der Waals surface area (Å²) in [6.07, 6.45) is 4.17. The van der Waals surface area contributed by atoms with E-state index in [4.69, 9.17) is 0 Å². The Labute approximate surface area is 67.5 Å². The second kappa shape index (κ2) is 3.66. The summed E-state index contributed by atoms with van der Waals surface area (Å²) in [5.74, 6) is 0. The van der Waals surface area contributed by atoms with E-state index in [0.29, 0.717) is 0 Å². The summed E-state index contributed by atoms with van der Waals surface area (Å²) in [5.41, 5.74) is 0. The lowest BCUT2D eigenvalue weighted by Gasteiger charge is -2.37. The van der Waals surface area contributed by atoms with Crippen LogP contribution in [0.5, 0.6) is 0 Å². The van der Waals surface area contributed by atoms with Gasteiger partial charge in [0.2, 0.25) is 0 Å². The standard InChI is InChI=1S/C7H14IN/c1-3-4-7-5-6-9(7)8-2/h7H,2-6H2,1H3. The second-order valence-electron chi connectivity index (χ2n) is 2.47. The van der Waals surface area contributed by atoms with E-state index in [2.05, 4.69) is 14.6 Å². The molecule has 0 N–H and O–H groups in total. The third-order valence-corrected chi connectivity index (χ3v) is 3.99. The third-order valence-electron chi connectivity index (χ3n) is 1.85.